The quantitative estimate of drug-likeness (QED) is 0.495. The fourth-order valence-corrected chi connectivity index (χ4v) is 1.29. The Morgan fingerprint density at radius 3 is 2.50 bits per heavy atom. The number of rotatable bonds is 1. The highest BCUT2D eigenvalue weighted by molar-refractivity contribution is 6.18. The zero-order valence-electron chi connectivity index (χ0n) is 4.60. The molecule has 2 atom stereocenters. The van der Waals surface area contributed by atoms with Crippen molar-refractivity contribution in [3.63, 3.8) is 0 Å². The van der Waals surface area contributed by atoms with Crippen LogP contribution in [0.4, 0.5) is 0 Å². The highest BCUT2D eigenvalue weighted by atomic mass is 35.5. The monoisotopic (exact) mass is 129 g/mol. The van der Waals surface area contributed by atoms with E-state index in [1.807, 2.05) is 0 Å². The molecule has 0 amide bonds. The molecule has 1 aliphatic rings. The van der Waals surface area contributed by atoms with Crippen molar-refractivity contribution < 1.29 is 0 Å². The second-order valence-electron chi connectivity index (χ2n) is 2.23. The van der Waals surface area contributed by atoms with Crippen LogP contribution in [0.1, 0.15) is 12.8 Å². The number of halogens is 1. The normalized spacial score (nSPS) is 35.5. The van der Waals surface area contributed by atoms with Gasteiger partial charge in [-0.1, -0.05) is 0 Å². The van der Waals surface area contributed by atoms with E-state index in [1.165, 1.54) is 0 Å². The van der Waals surface area contributed by atoms with Crippen LogP contribution in [0, 0.1) is 23.2 Å². The Kier molecular flexibility index (Phi) is 1.75. The van der Waals surface area contributed by atoms with Crippen molar-refractivity contribution >= 4 is 11.6 Å². The SMILES string of the molecule is N#C[C@@H]1CC[C@H]1CCl. The van der Waals surface area contributed by atoms with Crippen molar-refractivity contribution in [1.29, 1.82) is 5.26 Å². The van der Waals surface area contributed by atoms with Crippen LogP contribution < -0.4 is 0 Å². The maximum absolute atomic E-state index is 8.38. The Hall–Kier alpha value is -0.220. The van der Waals surface area contributed by atoms with E-state index in [9.17, 15) is 0 Å². The molecule has 1 fully saturated rings. The maximum atomic E-state index is 8.38. The van der Waals surface area contributed by atoms with E-state index >= 15 is 0 Å². The first-order chi connectivity index (χ1) is 3.88. The lowest BCUT2D eigenvalue weighted by Gasteiger charge is -2.28. The summed E-state index contributed by atoms with van der Waals surface area (Å²) in [5, 5.41) is 8.38. The second kappa shape index (κ2) is 2.37. The van der Waals surface area contributed by atoms with Gasteiger partial charge in [0.25, 0.3) is 0 Å². The van der Waals surface area contributed by atoms with Crippen LogP contribution in [0.3, 0.4) is 0 Å². The van der Waals surface area contributed by atoms with E-state index in [-0.39, 0.29) is 5.92 Å². The molecule has 0 unspecified atom stereocenters. The lowest BCUT2D eigenvalue weighted by molar-refractivity contribution is 0.263. The Balaban J connectivity index is 2.29. The van der Waals surface area contributed by atoms with Gasteiger partial charge in [-0.05, 0) is 18.8 Å². The smallest absolute Gasteiger partial charge is 0.0659 e. The minimum atomic E-state index is 0.271. The summed E-state index contributed by atoms with van der Waals surface area (Å²) in [5.41, 5.74) is 0. The van der Waals surface area contributed by atoms with Gasteiger partial charge in [0.05, 0.1) is 12.0 Å². The number of hydrogen-bond acceptors (Lipinski definition) is 1. The summed E-state index contributed by atoms with van der Waals surface area (Å²) in [5.74, 6) is 1.44. The number of alkyl halides is 1. The van der Waals surface area contributed by atoms with Crippen molar-refractivity contribution in [2.75, 3.05) is 5.88 Å². The fourth-order valence-electron chi connectivity index (χ4n) is 0.924. The van der Waals surface area contributed by atoms with E-state index < -0.39 is 0 Å². The van der Waals surface area contributed by atoms with Crippen LogP contribution >= 0.6 is 11.6 Å². The summed E-state index contributed by atoms with van der Waals surface area (Å²) in [4.78, 5) is 0. The summed E-state index contributed by atoms with van der Waals surface area (Å²) in [7, 11) is 0. The largest absolute Gasteiger partial charge is 0.198 e. The zero-order valence-corrected chi connectivity index (χ0v) is 5.36. The van der Waals surface area contributed by atoms with Crippen LogP contribution in [0.15, 0.2) is 0 Å². The molecule has 0 N–H and O–H groups in total. The summed E-state index contributed by atoms with van der Waals surface area (Å²) in [6.45, 7) is 0. The summed E-state index contributed by atoms with van der Waals surface area (Å²) >= 11 is 5.53. The molecule has 0 bridgehead atoms. The van der Waals surface area contributed by atoms with Gasteiger partial charge >= 0.3 is 0 Å². The molecule has 0 aromatic rings. The van der Waals surface area contributed by atoms with Crippen molar-refractivity contribution in [2.24, 2.45) is 11.8 Å². The predicted octanol–water partition coefficient (Wildman–Crippen LogP) is 1.77. The number of hydrogen-bond donors (Lipinski definition) is 0. The predicted molar refractivity (Wildman–Crippen MR) is 32.5 cm³/mol. The fraction of sp³-hybridized carbons (Fsp3) is 0.833. The van der Waals surface area contributed by atoms with E-state index in [2.05, 4.69) is 6.07 Å². The molecule has 0 aromatic heterocycles. The first kappa shape index (κ1) is 5.91. The molecular formula is C6H8ClN. The molecule has 0 aliphatic heterocycles. The molecule has 1 aliphatic carbocycles. The third-order valence-corrected chi connectivity index (χ3v) is 2.18. The second-order valence-corrected chi connectivity index (χ2v) is 2.54. The van der Waals surface area contributed by atoms with Crippen LogP contribution in [0.5, 0.6) is 0 Å². The van der Waals surface area contributed by atoms with Crippen molar-refractivity contribution in [3.8, 4) is 6.07 Å². The summed E-state index contributed by atoms with van der Waals surface area (Å²) in [6, 6.07) is 2.22. The van der Waals surface area contributed by atoms with Crippen LogP contribution in [-0.2, 0) is 0 Å². The lowest BCUT2D eigenvalue weighted by atomic mass is 9.76. The van der Waals surface area contributed by atoms with Gasteiger partial charge in [0.15, 0.2) is 0 Å². The van der Waals surface area contributed by atoms with E-state index in [4.69, 9.17) is 16.9 Å². The molecule has 0 radical (unpaired) electrons. The van der Waals surface area contributed by atoms with Gasteiger partial charge in [0, 0.05) is 5.88 Å². The number of nitrogens with zero attached hydrogens (tertiary/aromatic N) is 1. The minimum absolute atomic E-state index is 0.271. The average Bonchev–Trinajstić information content (AvgIpc) is 1.66. The van der Waals surface area contributed by atoms with Crippen LogP contribution in [-0.4, -0.2) is 5.88 Å². The van der Waals surface area contributed by atoms with E-state index in [1.54, 1.807) is 0 Å². The number of nitriles is 1. The van der Waals surface area contributed by atoms with Crippen LogP contribution in [0.2, 0.25) is 0 Å². The Morgan fingerprint density at radius 1 is 1.62 bits per heavy atom. The van der Waals surface area contributed by atoms with E-state index in [0.717, 1.165) is 12.8 Å². The first-order valence-electron chi connectivity index (χ1n) is 2.84. The molecule has 0 saturated heterocycles. The van der Waals surface area contributed by atoms with Gasteiger partial charge in [-0.2, -0.15) is 5.26 Å². The molecule has 1 nitrogen and oxygen atoms in total. The Labute approximate surface area is 54.3 Å². The molecule has 0 aromatic carbocycles. The molecular weight excluding hydrogens is 122 g/mol. The third kappa shape index (κ3) is 0.809. The van der Waals surface area contributed by atoms with Gasteiger partial charge in [-0.3, -0.25) is 0 Å². The molecule has 0 spiro atoms. The van der Waals surface area contributed by atoms with Crippen LogP contribution in [0.25, 0.3) is 0 Å². The van der Waals surface area contributed by atoms with Gasteiger partial charge in [0.2, 0.25) is 0 Å². The van der Waals surface area contributed by atoms with E-state index in [0.29, 0.717) is 11.8 Å². The third-order valence-electron chi connectivity index (χ3n) is 1.78. The minimum Gasteiger partial charge on any atom is -0.198 e. The summed E-state index contributed by atoms with van der Waals surface area (Å²) < 4.78 is 0. The highest BCUT2D eigenvalue weighted by Gasteiger charge is 2.29. The van der Waals surface area contributed by atoms with Crippen molar-refractivity contribution in [1.82, 2.24) is 0 Å². The van der Waals surface area contributed by atoms with Gasteiger partial charge in [-0.25, -0.2) is 0 Å². The first-order valence-corrected chi connectivity index (χ1v) is 3.37. The molecule has 1 saturated carbocycles. The van der Waals surface area contributed by atoms with Crippen molar-refractivity contribution in [3.05, 3.63) is 0 Å². The lowest BCUT2D eigenvalue weighted by Crippen LogP contribution is -2.25. The summed E-state index contributed by atoms with van der Waals surface area (Å²) in [6.07, 6.45) is 2.22. The molecule has 2 heteroatoms. The van der Waals surface area contributed by atoms with Gasteiger partial charge in [-0.15, -0.1) is 11.6 Å². The molecule has 44 valence electrons. The maximum Gasteiger partial charge on any atom is 0.0659 e. The molecule has 0 heterocycles. The molecule has 1 rings (SSSR count). The Morgan fingerprint density at radius 2 is 2.38 bits per heavy atom. The average molecular weight is 130 g/mol. The van der Waals surface area contributed by atoms with Gasteiger partial charge < -0.3 is 0 Å². The van der Waals surface area contributed by atoms with Gasteiger partial charge in [0.1, 0.15) is 0 Å². The standard InChI is InChI=1S/C6H8ClN/c7-3-5-1-2-6(5)4-8/h5-6H,1-3H2/t5-,6-/m0/s1. The Bertz CT molecular complexity index is 114. The van der Waals surface area contributed by atoms with Crippen molar-refractivity contribution in [2.45, 2.75) is 12.8 Å². The molecule has 8 heavy (non-hydrogen) atoms. The zero-order chi connectivity index (χ0) is 5.98. The topological polar surface area (TPSA) is 23.8 Å². The highest BCUT2D eigenvalue weighted by Crippen LogP contribution is 2.33.